The largest absolute Gasteiger partial charge is 0.368 e. The van der Waals surface area contributed by atoms with Crippen LogP contribution in [0.15, 0.2) is 53.3 Å². The monoisotopic (exact) mass is 816 g/mol. The highest BCUT2D eigenvalue weighted by atomic mass is 35.5. The molecule has 0 atom stereocenters. The summed E-state index contributed by atoms with van der Waals surface area (Å²) in [4.78, 5) is 48.7. The molecule has 11 rings (SSSR count). The molecule has 11 nitrogen and oxygen atoms in total. The summed E-state index contributed by atoms with van der Waals surface area (Å²) in [7, 11) is 1.81. The Morgan fingerprint density at radius 2 is 1.66 bits per heavy atom. The van der Waals surface area contributed by atoms with E-state index in [0.29, 0.717) is 39.1 Å². The van der Waals surface area contributed by atoms with Crippen molar-refractivity contribution in [1.82, 2.24) is 29.5 Å². The van der Waals surface area contributed by atoms with Gasteiger partial charge in [-0.15, -0.1) is 0 Å². The van der Waals surface area contributed by atoms with E-state index in [1.165, 1.54) is 59.9 Å². The lowest BCUT2D eigenvalue weighted by Gasteiger charge is -2.55. The zero-order valence-electron chi connectivity index (χ0n) is 33.6. The van der Waals surface area contributed by atoms with Crippen molar-refractivity contribution in [2.24, 2.45) is 18.4 Å². The molecular weight excluding hydrogens is 767 g/mol. The third-order valence-corrected chi connectivity index (χ3v) is 15.4. The standard InChI is InChI=1S/C46H50ClFN8O3/c1-52-36-24-38(34(48)23-31(36)41(51-52)55-21-14-39(57)49-44(55)59)54-26-45(27-54)17-10-28(11-18-45)25-53-19-12-29(13-20-53)30-8-9-32-37(22-30)56-35-7-5-6-33(47)40(35)42(58)50-43(56)46(32)15-3-2-4-16-46/h5-9,22-24,28-29H,2-4,10-21,25-27H2,1H3,(H,49,57,59). The highest BCUT2D eigenvalue weighted by Gasteiger charge is 2.48. The van der Waals surface area contributed by atoms with Gasteiger partial charge < -0.3 is 9.80 Å². The Balaban J connectivity index is 0.728. The van der Waals surface area contributed by atoms with Crippen LogP contribution in [0.2, 0.25) is 5.02 Å². The molecule has 59 heavy (non-hydrogen) atoms. The lowest BCUT2D eigenvalue weighted by Crippen LogP contribution is -2.58. The first-order valence-electron chi connectivity index (χ1n) is 21.7. The number of carbonyl (C=O) groups excluding carboxylic acids is 2. The van der Waals surface area contributed by atoms with Crippen LogP contribution in [0.3, 0.4) is 0 Å². The van der Waals surface area contributed by atoms with Crippen molar-refractivity contribution in [3.63, 3.8) is 0 Å². The molecule has 3 saturated heterocycles. The Labute approximate surface area is 347 Å². The van der Waals surface area contributed by atoms with Crippen molar-refractivity contribution >= 4 is 56.9 Å². The predicted octanol–water partition coefficient (Wildman–Crippen LogP) is 7.95. The molecule has 2 saturated carbocycles. The van der Waals surface area contributed by atoms with Gasteiger partial charge in [-0.2, -0.15) is 10.1 Å². The maximum Gasteiger partial charge on any atom is 0.329 e. The van der Waals surface area contributed by atoms with Gasteiger partial charge in [0.15, 0.2) is 5.82 Å². The number of amides is 3. The van der Waals surface area contributed by atoms with Gasteiger partial charge >= 0.3 is 6.03 Å². The fourth-order valence-electron chi connectivity index (χ4n) is 11.9. The molecule has 6 heterocycles. The first-order valence-corrected chi connectivity index (χ1v) is 22.1. The first kappa shape index (κ1) is 37.2. The number of carbonyl (C=O) groups is 2. The van der Waals surface area contributed by atoms with Crippen molar-refractivity contribution < 1.29 is 14.0 Å². The summed E-state index contributed by atoms with van der Waals surface area (Å²) in [5.41, 5.74) is 5.92. The predicted molar refractivity (Wildman–Crippen MR) is 227 cm³/mol. The number of fused-ring (bicyclic) bond motifs is 8. The Bertz CT molecular complexity index is 2610. The van der Waals surface area contributed by atoms with Crippen molar-refractivity contribution in [2.75, 3.05) is 49.1 Å². The van der Waals surface area contributed by atoms with Crippen LogP contribution in [0.25, 0.3) is 27.5 Å². The maximum absolute atomic E-state index is 15.7. The number of halogens is 2. The topological polar surface area (TPSA) is 109 Å². The molecule has 4 aliphatic heterocycles. The summed E-state index contributed by atoms with van der Waals surface area (Å²) in [5, 5.41) is 8.43. The molecule has 5 aromatic rings. The summed E-state index contributed by atoms with van der Waals surface area (Å²) in [6.07, 6.45) is 12.8. The number of nitrogens with one attached hydrogen (secondary N) is 1. The first-order chi connectivity index (χ1) is 28.6. The molecule has 0 radical (unpaired) electrons. The molecule has 5 fully saturated rings. The number of hydrogen-bond donors (Lipinski definition) is 1. The van der Waals surface area contributed by atoms with Crippen LogP contribution in [-0.2, 0) is 17.3 Å². The number of anilines is 2. The minimum Gasteiger partial charge on any atom is -0.368 e. The summed E-state index contributed by atoms with van der Waals surface area (Å²) < 4.78 is 19.7. The number of hydrogen-bond acceptors (Lipinski definition) is 7. The summed E-state index contributed by atoms with van der Waals surface area (Å²) in [5.74, 6) is 1.84. The second-order valence-electron chi connectivity index (χ2n) is 18.5. The van der Waals surface area contributed by atoms with Gasteiger partial charge in [0.1, 0.15) is 11.6 Å². The zero-order chi connectivity index (χ0) is 40.2. The van der Waals surface area contributed by atoms with Crippen LogP contribution in [0, 0.1) is 17.2 Å². The van der Waals surface area contributed by atoms with E-state index in [4.69, 9.17) is 16.6 Å². The fraction of sp³-hybridized carbons (Fsp3) is 0.500. The van der Waals surface area contributed by atoms with Crippen LogP contribution in [0.1, 0.15) is 99.9 Å². The summed E-state index contributed by atoms with van der Waals surface area (Å²) in [6.45, 7) is 5.28. The lowest BCUT2D eigenvalue weighted by atomic mass is 9.65. The molecule has 3 amide bonds. The van der Waals surface area contributed by atoms with Crippen LogP contribution in [-0.4, -0.2) is 75.4 Å². The molecule has 306 valence electrons. The van der Waals surface area contributed by atoms with Gasteiger partial charge in [-0.25, -0.2) is 9.18 Å². The van der Waals surface area contributed by atoms with Gasteiger partial charge in [0.25, 0.3) is 5.56 Å². The number of benzene rings is 3. The van der Waals surface area contributed by atoms with Gasteiger partial charge in [0, 0.05) is 50.4 Å². The van der Waals surface area contributed by atoms with E-state index in [1.807, 2.05) is 18.2 Å². The third-order valence-electron chi connectivity index (χ3n) is 15.1. The minimum absolute atomic E-state index is 0.186. The van der Waals surface area contributed by atoms with Crippen LogP contribution < -0.4 is 20.7 Å². The van der Waals surface area contributed by atoms with E-state index in [-0.39, 0.29) is 41.1 Å². The number of urea groups is 1. The molecule has 1 N–H and O–H groups in total. The van der Waals surface area contributed by atoms with E-state index in [0.717, 1.165) is 88.1 Å². The minimum atomic E-state index is -0.524. The SMILES string of the molecule is Cn1nc(N2CCC(=O)NC2=O)c2cc(F)c(N3CC4(CCC(CN5CCC(c6ccc7c(c6)-n6c(nc(=O)c8c(Cl)cccc86)C76CCCCC6)CC5)CC4)C3)cc21. The maximum atomic E-state index is 15.7. The van der Waals surface area contributed by atoms with Crippen LogP contribution in [0.5, 0.6) is 0 Å². The average Bonchev–Trinajstić information content (AvgIpc) is 3.67. The molecule has 2 aromatic heterocycles. The highest BCUT2D eigenvalue weighted by Crippen LogP contribution is 2.53. The molecule has 6 aliphatic rings. The second kappa shape index (κ2) is 13.9. The zero-order valence-corrected chi connectivity index (χ0v) is 34.4. The molecule has 0 unspecified atom stereocenters. The van der Waals surface area contributed by atoms with E-state index < -0.39 is 6.03 Å². The summed E-state index contributed by atoms with van der Waals surface area (Å²) >= 11 is 6.62. The molecule has 2 spiro atoms. The lowest BCUT2D eigenvalue weighted by molar-refractivity contribution is -0.120. The number of imide groups is 1. The van der Waals surface area contributed by atoms with Crippen LogP contribution in [0.4, 0.5) is 20.7 Å². The van der Waals surface area contributed by atoms with E-state index in [9.17, 15) is 14.4 Å². The third kappa shape index (κ3) is 5.94. The van der Waals surface area contributed by atoms with E-state index >= 15 is 4.39 Å². The molecule has 0 bridgehead atoms. The van der Waals surface area contributed by atoms with Gasteiger partial charge in [0.2, 0.25) is 5.91 Å². The number of rotatable bonds is 5. The Morgan fingerprint density at radius 1 is 0.881 bits per heavy atom. The normalized spacial score (nSPS) is 22.0. The van der Waals surface area contributed by atoms with Crippen molar-refractivity contribution in [3.8, 4) is 5.69 Å². The quantitative estimate of drug-likeness (QED) is 0.192. The average molecular weight is 817 g/mol. The van der Waals surface area contributed by atoms with Gasteiger partial charge in [0.05, 0.1) is 38.2 Å². The van der Waals surface area contributed by atoms with Gasteiger partial charge in [-0.05, 0) is 118 Å². The second-order valence-corrected chi connectivity index (χ2v) is 18.9. The van der Waals surface area contributed by atoms with E-state index in [1.54, 1.807) is 17.8 Å². The Morgan fingerprint density at radius 3 is 2.42 bits per heavy atom. The number of nitrogens with zero attached hydrogens (tertiary/aromatic N) is 7. The van der Waals surface area contributed by atoms with E-state index in [2.05, 4.69) is 43.0 Å². The van der Waals surface area contributed by atoms with Crippen molar-refractivity contribution in [1.29, 1.82) is 0 Å². The Kier molecular flexibility index (Phi) is 8.75. The highest BCUT2D eigenvalue weighted by molar-refractivity contribution is 6.35. The van der Waals surface area contributed by atoms with Crippen molar-refractivity contribution in [2.45, 2.75) is 88.4 Å². The number of aromatic nitrogens is 4. The molecular formula is C46H50ClFN8O3. The number of likely N-dealkylation sites (tertiary alicyclic amines) is 1. The van der Waals surface area contributed by atoms with Gasteiger partial charge in [-0.1, -0.05) is 49.1 Å². The fourth-order valence-corrected chi connectivity index (χ4v) is 12.2. The summed E-state index contributed by atoms with van der Waals surface area (Å²) in [6, 6.07) is 15.8. The van der Waals surface area contributed by atoms with Crippen LogP contribution >= 0.6 is 11.6 Å². The Hall–Kier alpha value is -4.81. The molecule has 2 aliphatic carbocycles. The molecule has 3 aromatic carbocycles. The number of aryl methyl sites for hydroxylation is 1. The number of piperidine rings is 1. The molecule has 13 heteroatoms. The van der Waals surface area contributed by atoms with Gasteiger partial charge in [-0.3, -0.25) is 29.1 Å². The smallest absolute Gasteiger partial charge is 0.329 e. The van der Waals surface area contributed by atoms with Crippen molar-refractivity contribution in [3.05, 3.63) is 86.7 Å².